The molecule has 1 aromatic carbocycles. The Kier molecular flexibility index (Phi) is 2.97. The van der Waals surface area contributed by atoms with Crippen molar-refractivity contribution in [2.24, 2.45) is 11.0 Å². The Bertz CT molecular complexity index is 503. The van der Waals surface area contributed by atoms with Gasteiger partial charge >= 0.3 is 0 Å². The number of hydrogen-bond donors (Lipinski definition) is 0. The summed E-state index contributed by atoms with van der Waals surface area (Å²) in [5, 5.41) is 6.39. The second kappa shape index (κ2) is 4.77. The predicted octanol–water partition coefficient (Wildman–Crippen LogP) is 2.89. The number of fused-ring (bicyclic) bond motifs is 1. The van der Waals surface area contributed by atoms with Crippen molar-refractivity contribution in [3.63, 3.8) is 0 Å². The average molecular weight is 240 g/mol. The third-order valence-corrected chi connectivity index (χ3v) is 3.84. The Labute approximate surface area is 107 Å². The van der Waals surface area contributed by atoms with Crippen molar-refractivity contribution in [2.45, 2.75) is 25.3 Å². The lowest BCUT2D eigenvalue weighted by atomic mass is 9.75. The molecule has 1 aromatic rings. The van der Waals surface area contributed by atoms with Gasteiger partial charge in [-0.25, -0.2) is 0 Å². The van der Waals surface area contributed by atoms with E-state index in [1.165, 1.54) is 36.5 Å². The van der Waals surface area contributed by atoms with E-state index in [1.54, 1.807) is 6.20 Å². The van der Waals surface area contributed by atoms with Crippen LogP contribution in [0.15, 0.2) is 41.6 Å². The van der Waals surface area contributed by atoms with E-state index >= 15 is 0 Å². The molecule has 1 unspecified atom stereocenters. The lowest BCUT2D eigenvalue weighted by Crippen LogP contribution is -2.33. The standard InChI is InChI=1S/C15H16N2O/c18-10-4-9-17-15(12-6-3-7-12)14-8-2-1-5-13(14)11-16-17/h1-2,4-5,8-12,15H,3,6-7H2. The summed E-state index contributed by atoms with van der Waals surface area (Å²) in [5.74, 6) is 0.653. The fourth-order valence-corrected chi connectivity index (χ4v) is 2.72. The summed E-state index contributed by atoms with van der Waals surface area (Å²) < 4.78 is 0. The molecule has 1 heterocycles. The van der Waals surface area contributed by atoms with Crippen LogP contribution in [0.5, 0.6) is 0 Å². The largest absolute Gasteiger partial charge is 0.299 e. The Balaban J connectivity index is 1.98. The highest BCUT2D eigenvalue weighted by Crippen LogP contribution is 2.43. The summed E-state index contributed by atoms with van der Waals surface area (Å²) >= 11 is 0. The molecule has 1 aliphatic heterocycles. The molecule has 0 saturated heterocycles. The number of benzene rings is 1. The van der Waals surface area contributed by atoms with Crippen LogP contribution in [-0.2, 0) is 4.79 Å². The third-order valence-electron chi connectivity index (χ3n) is 3.84. The molecule has 1 fully saturated rings. The van der Waals surface area contributed by atoms with Crippen LogP contribution in [-0.4, -0.2) is 17.5 Å². The molecule has 1 saturated carbocycles. The van der Waals surface area contributed by atoms with Crippen LogP contribution in [0.2, 0.25) is 0 Å². The molecule has 1 atom stereocenters. The lowest BCUT2D eigenvalue weighted by molar-refractivity contribution is -0.104. The van der Waals surface area contributed by atoms with Crippen molar-refractivity contribution in [3.05, 3.63) is 47.7 Å². The monoisotopic (exact) mass is 240 g/mol. The molecule has 2 aliphatic rings. The summed E-state index contributed by atoms with van der Waals surface area (Å²) in [6.45, 7) is 0. The highest BCUT2D eigenvalue weighted by molar-refractivity contribution is 5.83. The van der Waals surface area contributed by atoms with Gasteiger partial charge in [0, 0.05) is 6.20 Å². The van der Waals surface area contributed by atoms with E-state index < -0.39 is 0 Å². The van der Waals surface area contributed by atoms with Gasteiger partial charge in [-0.15, -0.1) is 0 Å². The molecular formula is C15H16N2O. The van der Waals surface area contributed by atoms with Crippen LogP contribution in [0, 0.1) is 5.92 Å². The maximum Gasteiger partial charge on any atom is 0.144 e. The van der Waals surface area contributed by atoms with Crippen molar-refractivity contribution in [1.82, 2.24) is 5.01 Å². The molecule has 3 heteroatoms. The quantitative estimate of drug-likeness (QED) is 0.601. The minimum Gasteiger partial charge on any atom is -0.299 e. The number of carbonyl (C=O) groups is 1. The Morgan fingerprint density at radius 2 is 2.11 bits per heavy atom. The SMILES string of the molecule is O=CC=CN1N=Cc2ccccc2C1C1CCC1. The van der Waals surface area contributed by atoms with Gasteiger partial charge in [-0.05, 0) is 36.0 Å². The lowest BCUT2D eigenvalue weighted by Gasteiger charge is -2.40. The summed E-state index contributed by atoms with van der Waals surface area (Å²) in [4.78, 5) is 10.5. The molecule has 0 spiro atoms. The second-order valence-electron chi connectivity index (χ2n) is 4.87. The molecule has 0 bridgehead atoms. The van der Waals surface area contributed by atoms with E-state index in [1.807, 2.05) is 17.3 Å². The van der Waals surface area contributed by atoms with Gasteiger partial charge in [0.1, 0.15) is 6.29 Å². The van der Waals surface area contributed by atoms with E-state index in [2.05, 4.69) is 23.3 Å². The van der Waals surface area contributed by atoms with E-state index in [-0.39, 0.29) is 6.04 Å². The maximum atomic E-state index is 10.5. The average Bonchev–Trinajstić information content (AvgIpc) is 2.36. The zero-order valence-electron chi connectivity index (χ0n) is 10.2. The van der Waals surface area contributed by atoms with Crippen molar-refractivity contribution < 1.29 is 4.79 Å². The van der Waals surface area contributed by atoms with Crippen molar-refractivity contribution in [3.8, 4) is 0 Å². The minimum atomic E-state index is 0.288. The van der Waals surface area contributed by atoms with Gasteiger partial charge in [0.2, 0.25) is 0 Å². The first kappa shape index (κ1) is 11.2. The van der Waals surface area contributed by atoms with Crippen molar-refractivity contribution >= 4 is 12.5 Å². The fraction of sp³-hybridized carbons (Fsp3) is 0.333. The molecule has 0 aromatic heterocycles. The molecule has 0 amide bonds. The van der Waals surface area contributed by atoms with E-state index in [4.69, 9.17) is 0 Å². The Morgan fingerprint density at radius 3 is 2.83 bits per heavy atom. The Morgan fingerprint density at radius 1 is 1.28 bits per heavy atom. The topological polar surface area (TPSA) is 32.7 Å². The predicted molar refractivity (Wildman–Crippen MR) is 71.2 cm³/mol. The number of aldehydes is 1. The van der Waals surface area contributed by atoms with Gasteiger partial charge in [-0.1, -0.05) is 30.7 Å². The Hall–Kier alpha value is -1.90. The summed E-state index contributed by atoms with van der Waals surface area (Å²) in [6, 6.07) is 8.68. The first-order valence-corrected chi connectivity index (χ1v) is 6.43. The molecule has 18 heavy (non-hydrogen) atoms. The van der Waals surface area contributed by atoms with Crippen LogP contribution in [0.3, 0.4) is 0 Å². The van der Waals surface area contributed by atoms with Gasteiger partial charge < -0.3 is 0 Å². The third kappa shape index (κ3) is 1.86. The summed E-state index contributed by atoms with van der Waals surface area (Å²) in [5.41, 5.74) is 2.53. The van der Waals surface area contributed by atoms with Gasteiger partial charge in [-0.3, -0.25) is 9.80 Å². The van der Waals surface area contributed by atoms with Crippen LogP contribution in [0.1, 0.15) is 36.4 Å². The van der Waals surface area contributed by atoms with Crippen LogP contribution >= 0.6 is 0 Å². The van der Waals surface area contributed by atoms with E-state index in [0.717, 1.165) is 6.29 Å². The van der Waals surface area contributed by atoms with Crippen LogP contribution in [0.4, 0.5) is 0 Å². The van der Waals surface area contributed by atoms with E-state index in [0.29, 0.717) is 5.92 Å². The molecule has 0 N–H and O–H groups in total. The summed E-state index contributed by atoms with van der Waals surface area (Å²) in [6.07, 6.45) is 9.77. The van der Waals surface area contributed by atoms with Crippen LogP contribution < -0.4 is 0 Å². The second-order valence-corrected chi connectivity index (χ2v) is 4.87. The maximum absolute atomic E-state index is 10.5. The fourth-order valence-electron chi connectivity index (χ4n) is 2.72. The first-order chi connectivity index (χ1) is 8.90. The molecule has 92 valence electrons. The number of hydrogen-bond acceptors (Lipinski definition) is 3. The first-order valence-electron chi connectivity index (χ1n) is 6.43. The van der Waals surface area contributed by atoms with Crippen molar-refractivity contribution in [2.75, 3.05) is 0 Å². The zero-order valence-corrected chi connectivity index (χ0v) is 10.2. The molecule has 3 nitrogen and oxygen atoms in total. The molecular weight excluding hydrogens is 224 g/mol. The normalized spacial score (nSPS) is 22.9. The zero-order chi connectivity index (χ0) is 12.4. The smallest absolute Gasteiger partial charge is 0.144 e. The van der Waals surface area contributed by atoms with Gasteiger partial charge in [0.15, 0.2) is 0 Å². The van der Waals surface area contributed by atoms with E-state index in [9.17, 15) is 4.79 Å². The number of hydrazone groups is 1. The summed E-state index contributed by atoms with van der Waals surface area (Å²) in [7, 11) is 0. The highest BCUT2D eigenvalue weighted by Gasteiger charge is 2.34. The van der Waals surface area contributed by atoms with Crippen molar-refractivity contribution in [1.29, 1.82) is 0 Å². The highest BCUT2D eigenvalue weighted by atomic mass is 16.1. The molecule has 1 aliphatic carbocycles. The number of carbonyl (C=O) groups excluding carboxylic acids is 1. The number of nitrogens with zero attached hydrogens (tertiary/aromatic N) is 2. The van der Waals surface area contributed by atoms with Gasteiger partial charge in [0.25, 0.3) is 0 Å². The number of allylic oxidation sites excluding steroid dienone is 1. The molecule has 3 rings (SSSR count). The minimum absolute atomic E-state index is 0.288. The van der Waals surface area contributed by atoms with Crippen LogP contribution in [0.25, 0.3) is 0 Å². The molecule has 0 radical (unpaired) electrons. The van der Waals surface area contributed by atoms with Gasteiger partial charge in [0.05, 0.1) is 12.3 Å². The number of rotatable bonds is 3. The van der Waals surface area contributed by atoms with Gasteiger partial charge in [-0.2, -0.15) is 5.10 Å².